The van der Waals surface area contributed by atoms with Crippen molar-refractivity contribution in [3.63, 3.8) is 0 Å². The number of hydrogen-bond donors (Lipinski definition) is 0. The Morgan fingerprint density at radius 3 is 1.80 bits per heavy atom. The van der Waals surface area contributed by atoms with Crippen molar-refractivity contribution in [3.05, 3.63) is 245 Å². The Bertz CT molecular complexity index is 4400. The minimum absolute atomic E-state index is 0.0646. The van der Waals surface area contributed by atoms with Gasteiger partial charge in [0.2, 0.25) is 0 Å². The van der Waals surface area contributed by atoms with Crippen molar-refractivity contribution in [1.29, 1.82) is 0 Å². The first-order valence-corrected chi connectivity index (χ1v) is 28.8. The summed E-state index contributed by atoms with van der Waals surface area (Å²) in [6, 6.07) is 83.9. The van der Waals surface area contributed by atoms with E-state index in [2.05, 4.69) is 306 Å². The van der Waals surface area contributed by atoms with Gasteiger partial charge in [0.15, 0.2) is 0 Å². The summed E-state index contributed by atoms with van der Waals surface area (Å²) >= 11 is 2.54. The molecular formula is C72H62BN5OPt-2. The van der Waals surface area contributed by atoms with Gasteiger partial charge in [-0.1, -0.05) is 48.5 Å². The van der Waals surface area contributed by atoms with Crippen molar-refractivity contribution >= 4 is 56.8 Å². The van der Waals surface area contributed by atoms with Crippen LogP contribution in [0.5, 0.6) is 11.6 Å². The standard InChI is InChI=1S/C72H62BN5O.Pt/c1-70(2,3)50-43-49(44-51(45-50)71(4,5)6)55-32-22-31-54(48-25-12-10-13-26-48)68(55)76-47-75(62-36-20-21-37-63(62)76)53-41-42-58(56-29-16-18-34-60(56)72(7,8)9)65(46-53)79-67-40-24-39-66(74-67)77-64-38-23-33-59-57-30-17-19-35-61(57)78(69(59)64)73(77)52-27-14-11-15-28-52;/h10-37,39-45H,1-9H3;/q-2;. The third-order valence-electron chi connectivity index (χ3n) is 15.8. The Hall–Kier alpha value is -8.25. The molecular weight excluding hydrogens is 1160 g/mol. The van der Waals surface area contributed by atoms with Gasteiger partial charge in [-0.25, -0.2) is 0 Å². The number of anilines is 2. The van der Waals surface area contributed by atoms with E-state index >= 15 is 0 Å². The van der Waals surface area contributed by atoms with E-state index in [1.165, 1.54) is 38.5 Å². The first-order valence-electron chi connectivity index (χ1n) is 27.6. The summed E-state index contributed by atoms with van der Waals surface area (Å²) in [6.45, 7) is 20.5. The summed E-state index contributed by atoms with van der Waals surface area (Å²) in [5.41, 5.74) is 18.7. The van der Waals surface area contributed by atoms with Crippen LogP contribution in [0.2, 0.25) is 0 Å². The summed E-state index contributed by atoms with van der Waals surface area (Å²) in [5, 5.41) is 2.41. The quantitative estimate of drug-likeness (QED) is 0.107. The number of imidazole rings is 1. The average molecular weight is 1220 g/mol. The molecule has 4 heterocycles. The fourth-order valence-corrected chi connectivity index (χ4v) is 12.9. The van der Waals surface area contributed by atoms with Crippen molar-refractivity contribution in [3.8, 4) is 56.4 Å². The molecule has 0 unspecified atom stereocenters. The van der Waals surface area contributed by atoms with E-state index in [9.17, 15) is 0 Å². The number of para-hydroxylation sites is 4. The molecule has 396 valence electrons. The molecule has 80 heavy (non-hydrogen) atoms. The monoisotopic (exact) mass is 1220 g/mol. The number of nitrogens with zero attached hydrogens (tertiary/aromatic N) is 5. The van der Waals surface area contributed by atoms with E-state index in [1.807, 2.05) is 18.2 Å². The number of benzene rings is 9. The molecule has 0 bridgehead atoms. The molecule has 0 aliphatic carbocycles. The van der Waals surface area contributed by atoms with E-state index in [4.69, 9.17) is 9.72 Å². The van der Waals surface area contributed by atoms with Crippen LogP contribution >= 0.6 is 0 Å². The van der Waals surface area contributed by atoms with Crippen molar-refractivity contribution < 1.29 is 24.1 Å². The third kappa shape index (κ3) is 8.78. The molecule has 0 fully saturated rings. The predicted molar refractivity (Wildman–Crippen MR) is 329 cm³/mol. The van der Waals surface area contributed by atoms with Crippen molar-refractivity contribution in [1.82, 2.24) is 18.6 Å². The van der Waals surface area contributed by atoms with Crippen LogP contribution in [0.15, 0.2) is 212 Å². The van der Waals surface area contributed by atoms with Crippen molar-refractivity contribution in [2.75, 3.05) is 4.81 Å². The molecule has 12 aromatic rings. The summed E-state index contributed by atoms with van der Waals surface area (Å²) in [4.78, 5) is 7.74. The van der Waals surface area contributed by atoms with Crippen LogP contribution in [0, 0.1) is 15.9 Å². The molecule has 13 rings (SSSR count). The molecule has 0 amide bonds. The van der Waals surface area contributed by atoms with Crippen LogP contribution < -0.4 is 15.0 Å². The Kier molecular flexibility index (Phi) is 12.5. The van der Waals surface area contributed by atoms with E-state index < -0.39 is 0 Å². The zero-order chi connectivity index (χ0) is 55.2. The Labute approximate surface area is 481 Å². The van der Waals surface area contributed by atoms with Gasteiger partial charge in [-0.05, 0) is 11.5 Å². The molecule has 0 radical (unpaired) electrons. The van der Waals surface area contributed by atoms with Crippen LogP contribution in [-0.4, -0.2) is 25.6 Å². The summed E-state index contributed by atoms with van der Waals surface area (Å²) in [6.07, 6.45) is 0. The van der Waals surface area contributed by atoms with Crippen LogP contribution in [0.3, 0.4) is 0 Å². The zero-order valence-electron chi connectivity index (χ0n) is 46.7. The van der Waals surface area contributed by atoms with E-state index in [0.717, 1.165) is 76.5 Å². The molecule has 9 aromatic carbocycles. The van der Waals surface area contributed by atoms with Gasteiger partial charge in [-0.3, -0.25) is 0 Å². The van der Waals surface area contributed by atoms with Crippen molar-refractivity contribution in [2.24, 2.45) is 0 Å². The van der Waals surface area contributed by atoms with Gasteiger partial charge in [-0.15, -0.1) is 5.39 Å². The molecule has 6 nitrogen and oxygen atoms in total. The average Bonchev–Trinajstić information content (AvgIpc) is 4.17. The second kappa shape index (κ2) is 19.5. The second-order valence-electron chi connectivity index (χ2n) is 24.2. The van der Waals surface area contributed by atoms with Crippen LogP contribution in [0.4, 0.5) is 11.5 Å². The third-order valence-corrected chi connectivity index (χ3v) is 16.8. The van der Waals surface area contributed by atoms with Gasteiger partial charge < -0.3 is 0 Å². The summed E-state index contributed by atoms with van der Waals surface area (Å²) in [5.74, 6) is 1.79. The minimum atomic E-state index is -0.217. The second-order valence-corrected chi connectivity index (χ2v) is 25.2. The molecule has 1 aliphatic rings. The summed E-state index contributed by atoms with van der Waals surface area (Å²) < 4.78 is 15.5. The van der Waals surface area contributed by atoms with Gasteiger partial charge in [0, 0.05) is 5.52 Å². The maximum atomic E-state index is 7.28. The van der Waals surface area contributed by atoms with E-state index in [1.54, 1.807) is 0 Å². The van der Waals surface area contributed by atoms with Crippen LogP contribution in [0.1, 0.15) is 79.0 Å². The van der Waals surface area contributed by atoms with Gasteiger partial charge in [0.25, 0.3) is 0 Å². The Morgan fingerprint density at radius 2 is 1.10 bits per heavy atom. The maximum absolute atomic E-state index is 7.28. The van der Waals surface area contributed by atoms with Crippen LogP contribution in [0.25, 0.3) is 77.6 Å². The molecule has 0 saturated heterocycles. The van der Waals surface area contributed by atoms with Gasteiger partial charge >= 0.3 is 401 Å². The molecule has 0 N–H and O–H groups in total. The van der Waals surface area contributed by atoms with E-state index in [-0.39, 0.29) is 23.2 Å². The normalized spacial score (nSPS) is 12.8. The molecule has 3 aromatic heterocycles. The number of aromatic nitrogens is 4. The SMILES string of the molecule is CC(C)(C)c1cc(-c2cccc(-c3ccccc3)c2-n2[c](=[Pt])n(-c3[c-]c(Oc4cccc(N5B(c6ccccc6)n6c7ccccc7c7cc[c-]c5c76)n4)c(-c4ccccc4C(C)(C)C)cc3)c3ccccc32)cc(C(C)(C)C)c1. The number of hydrogen-bond acceptors (Lipinski definition) is 3. The topological polar surface area (TPSA) is 40.1 Å². The Morgan fingerprint density at radius 1 is 0.500 bits per heavy atom. The zero-order valence-corrected chi connectivity index (χ0v) is 49.0. The first-order chi connectivity index (χ1) is 38.5. The van der Waals surface area contributed by atoms with Gasteiger partial charge in [0.1, 0.15) is 0 Å². The number of ether oxygens (including phenoxy) is 1. The number of fused-ring (bicyclic) bond motifs is 4. The molecule has 0 saturated carbocycles. The van der Waals surface area contributed by atoms with Gasteiger partial charge in [0.05, 0.1) is 0 Å². The fourth-order valence-electron chi connectivity index (χ4n) is 11.8. The van der Waals surface area contributed by atoms with E-state index in [0.29, 0.717) is 11.6 Å². The van der Waals surface area contributed by atoms with Crippen molar-refractivity contribution in [2.45, 2.75) is 78.6 Å². The molecule has 0 atom stereocenters. The van der Waals surface area contributed by atoms with Crippen LogP contribution in [-0.2, 0) is 35.6 Å². The molecule has 1 aliphatic heterocycles. The fraction of sp³-hybridized carbons (Fsp3) is 0.167. The molecule has 8 heteroatoms. The van der Waals surface area contributed by atoms with Gasteiger partial charge in [-0.2, -0.15) is 12.1 Å². The number of rotatable bonds is 9. The number of pyridine rings is 1. The first kappa shape index (κ1) is 51.2. The Balaban J connectivity index is 1.01. The summed E-state index contributed by atoms with van der Waals surface area (Å²) in [7, 11) is 0. The predicted octanol–water partition coefficient (Wildman–Crippen LogP) is 17.7. The molecule has 0 spiro atoms.